The van der Waals surface area contributed by atoms with Gasteiger partial charge in [0.15, 0.2) is 17.6 Å². The van der Waals surface area contributed by atoms with Crippen molar-refractivity contribution in [3.63, 3.8) is 0 Å². The van der Waals surface area contributed by atoms with Gasteiger partial charge in [-0.3, -0.25) is 4.79 Å². The van der Waals surface area contributed by atoms with E-state index in [-0.39, 0.29) is 12.7 Å². The first-order valence-corrected chi connectivity index (χ1v) is 12.2. The number of ether oxygens (including phenoxy) is 5. The molecule has 1 amide bonds. The summed E-state index contributed by atoms with van der Waals surface area (Å²) in [4.78, 5) is 11.1. The summed E-state index contributed by atoms with van der Waals surface area (Å²) in [5.74, 6) is 2.09. The molecule has 9 nitrogen and oxygen atoms in total. The third-order valence-corrected chi connectivity index (χ3v) is 5.96. The van der Waals surface area contributed by atoms with Crippen molar-refractivity contribution in [3.8, 4) is 23.0 Å². The largest absolute Gasteiger partial charge is 0.492 e. The quantitative estimate of drug-likeness (QED) is 0.369. The lowest BCUT2D eigenvalue weighted by molar-refractivity contribution is -0.0230. The molecule has 2 aliphatic rings. The Bertz CT molecular complexity index is 947. The van der Waals surface area contributed by atoms with Gasteiger partial charge in [0.2, 0.25) is 5.91 Å². The monoisotopic (exact) mass is 486 g/mol. The van der Waals surface area contributed by atoms with Gasteiger partial charge in [-0.2, -0.15) is 0 Å². The minimum atomic E-state index is -0.685. The van der Waals surface area contributed by atoms with Crippen LogP contribution in [-0.2, 0) is 4.74 Å². The lowest BCUT2D eigenvalue weighted by Crippen LogP contribution is -2.34. The molecule has 4 N–H and O–H groups in total. The molecule has 1 fully saturated rings. The second kappa shape index (κ2) is 12.6. The summed E-state index contributed by atoms with van der Waals surface area (Å²) in [5.41, 5.74) is 5.65. The highest BCUT2D eigenvalue weighted by molar-refractivity contribution is 5.92. The van der Waals surface area contributed by atoms with Crippen LogP contribution in [0.5, 0.6) is 23.0 Å². The van der Waals surface area contributed by atoms with Crippen molar-refractivity contribution in [2.75, 3.05) is 39.5 Å². The Balaban J connectivity index is 1.10. The summed E-state index contributed by atoms with van der Waals surface area (Å²) < 4.78 is 29.1. The van der Waals surface area contributed by atoms with Crippen molar-refractivity contribution in [2.45, 2.75) is 44.0 Å². The Labute approximate surface area is 205 Å². The SMILES string of the molecule is NC(=O)c1ccc(OCCNC[C@H](O)COc2ccc3c(c2)OC[C@@H](COC2CCCC2)O3)cc1. The molecule has 0 bridgehead atoms. The second-order valence-electron chi connectivity index (χ2n) is 8.81. The second-order valence-corrected chi connectivity index (χ2v) is 8.81. The third-order valence-electron chi connectivity index (χ3n) is 5.96. The van der Waals surface area contributed by atoms with E-state index in [1.54, 1.807) is 36.4 Å². The van der Waals surface area contributed by atoms with Gasteiger partial charge in [0.1, 0.15) is 37.4 Å². The van der Waals surface area contributed by atoms with E-state index in [0.717, 1.165) is 12.8 Å². The smallest absolute Gasteiger partial charge is 0.248 e. The summed E-state index contributed by atoms with van der Waals surface area (Å²) in [6.07, 6.45) is 4.31. The number of benzene rings is 2. The number of aliphatic hydroxyl groups excluding tert-OH is 1. The highest BCUT2D eigenvalue weighted by Crippen LogP contribution is 2.35. The number of fused-ring (bicyclic) bond motifs is 1. The molecule has 1 heterocycles. The summed E-state index contributed by atoms with van der Waals surface area (Å²) in [5, 5.41) is 13.3. The first kappa shape index (κ1) is 25.1. The van der Waals surface area contributed by atoms with Crippen molar-refractivity contribution < 1.29 is 33.6 Å². The fraction of sp³-hybridized carbons (Fsp3) is 0.500. The number of hydrogen-bond donors (Lipinski definition) is 3. The summed E-state index contributed by atoms with van der Waals surface area (Å²) in [6, 6.07) is 12.0. The molecular weight excluding hydrogens is 452 g/mol. The third kappa shape index (κ3) is 7.74. The van der Waals surface area contributed by atoms with Gasteiger partial charge in [0.25, 0.3) is 0 Å². The van der Waals surface area contributed by atoms with Gasteiger partial charge in [-0.15, -0.1) is 0 Å². The van der Waals surface area contributed by atoms with Crippen LogP contribution in [0.25, 0.3) is 0 Å². The first-order chi connectivity index (χ1) is 17.1. The van der Waals surface area contributed by atoms with E-state index in [1.807, 2.05) is 6.07 Å². The van der Waals surface area contributed by atoms with E-state index < -0.39 is 12.0 Å². The average Bonchev–Trinajstić information content (AvgIpc) is 3.40. The Hall–Kier alpha value is -3.01. The summed E-state index contributed by atoms with van der Waals surface area (Å²) in [6.45, 7) is 2.43. The zero-order valence-corrected chi connectivity index (χ0v) is 19.8. The number of hydrogen-bond acceptors (Lipinski definition) is 8. The van der Waals surface area contributed by atoms with Crippen LogP contribution in [-0.4, -0.2) is 68.8 Å². The van der Waals surface area contributed by atoms with E-state index in [1.165, 1.54) is 12.8 Å². The molecule has 0 unspecified atom stereocenters. The Kier molecular flexibility index (Phi) is 9.05. The Morgan fingerprint density at radius 1 is 1.09 bits per heavy atom. The maximum absolute atomic E-state index is 11.1. The van der Waals surface area contributed by atoms with E-state index in [2.05, 4.69) is 5.32 Å². The van der Waals surface area contributed by atoms with Gasteiger partial charge in [-0.1, -0.05) is 12.8 Å². The van der Waals surface area contributed by atoms with Crippen LogP contribution in [0.2, 0.25) is 0 Å². The van der Waals surface area contributed by atoms with Gasteiger partial charge in [0.05, 0.1) is 12.7 Å². The van der Waals surface area contributed by atoms with Gasteiger partial charge >= 0.3 is 0 Å². The van der Waals surface area contributed by atoms with E-state index in [9.17, 15) is 9.90 Å². The van der Waals surface area contributed by atoms with Crippen molar-refractivity contribution in [2.24, 2.45) is 5.73 Å². The van der Waals surface area contributed by atoms with Crippen LogP contribution in [0.3, 0.4) is 0 Å². The molecule has 0 radical (unpaired) electrons. The van der Waals surface area contributed by atoms with Crippen molar-refractivity contribution >= 4 is 5.91 Å². The number of aliphatic hydroxyl groups is 1. The van der Waals surface area contributed by atoms with Gasteiger partial charge in [0, 0.05) is 24.7 Å². The number of carbonyl (C=O) groups excluding carboxylic acids is 1. The highest BCUT2D eigenvalue weighted by atomic mass is 16.6. The molecular formula is C26H34N2O7. The van der Waals surface area contributed by atoms with Crippen LogP contribution < -0.4 is 30.0 Å². The highest BCUT2D eigenvalue weighted by Gasteiger charge is 2.24. The standard InChI is InChI=1S/C26H34N2O7/c27-26(30)18-5-7-21(8-6-18)31-12-11-28-14-19(29)15-32-22-9-10-24-25(13-22)34-17-23(35-24)16-33-20-3-1-2-4-20/h5-10,13,19-20,23,28-29H,1-4,11-12,14-17H2,(H2,27,30)/t19-,23+/m0/s1. The topological polar surface area (TPSA) is 122 Å². The molecule has 0 spiro atoms. The van der Waals surface area contributed by atoms with Gasteiger partial charge < -0.3 is 39.8 Å². The predicted molar refractivity (Wildman–Crippen MR) is 129 cm³/mol. The van der Waals surface area contributed by atoms with Crippen LogP contribution >= 0.6 is 0 Å². The zero-order chi connectivity index (χ0) is 24.5. The number of carbonyl (C=O) groups is 1. The molecule has 2 aromatic carbocycles. The maximum Gasteiger partial charge on any atom is 0.248 e. The average molecular weight is 487 g/mol. The minimum absolute atomic E-state index is 0.110. The van der Waals surface area contributed by atoms with E-state index >= 15 is 0 Å². The number of primary amides is 1. The molecule has 190 valence electrons. The molecule has 9 heteroatoms. The predicted octanol–water partition coefficient (Wildman–Crippen LogP) is 2.29. The fourth-order valence-corrected chi connectivity index (χ4v) is 4.04. The van der Waals surface area contributed by atoms with Crippen LogP contribution in [0, 0.1) is 0 Å². The van der Waals surface area contributed by atoms with E-state index in [4.69, 9.17) is 29.4 Å². The molecule has 0 aromatic heterocycles. The number of rotatable bonds is 13. The number of amides is 1. The summed E-state index contributed by atoms with van der Waals surface area (Å²) >= 11 is 0. The first-order valence-electron chi connectivity index (χ1n) is 12.2. The van der Waals surface area contributed by atoms with Gasteiger partial charge in [-0.25, -0.2) is 0 Å². The fourth-order valence-electron chi connectivity index (χ4n) is 4.04. The number of nitrogens with one attached hydrogen (secondary N) is 1. The molecule has 0 saturated heterocycles. The minimum Gasteiger partial charge on any atom is -0.492 e. The molecule has 1 saturated carbocycles. The normalized spacial score (nSPS) is 18.3. The number of nitrogens with two attached hydrogens (primary N) is 1. The van der Waals surface area contributed by atoms with Crippen LogP contribution in [0.4, 0.5) is 0 Å². The zero-order valence-electron chi connectivity index (χ0n) is 19.8. The molecule has 4 rings (SSSR count). The van der Waals surface area contributed by atoms with Crippen molar-refractivity contribution in [3.05, 3.63) is 48.0 Å². The summed E-state index contributed by atoms with van der Waals surface area (Å²) in [7, 11) is 0. The van der Waals surface area contributed by atoms with E-state index in [0.29, 0.717) is 67.6 Å². The lowest BCUT2D eigenvalue weighted by atomic mass is 10.2. The Morgan fingerprint density at radius 2 is 1.86 bits per heavy atom. The lowest BCUT2D eigenvalue weighted by Gasteiger charge is -2.27. The Morgan fingerprint density at radius 3 is 2.63 bits per heavy atom. The molecule has 2 aromatic rings. The van der Waals surface area contributed by atoms with Crippen LogP contribution in [0.15, 0.2) is 42.5 Å². The molecule has 1 aliphatic carbocycles. The maximum atomic E-state index is 11.1. The van der Waals surface area contributed by atoms with Crippen molar-refractivity contribution in [1.29, 1.82) is 0 Å². The van der Waals surface area contributed by atoms with Crippen molar-refractivity contribution in [1.82, 2.24) is 5.32 Å². The van der Waals surface area contributed by atoms with Gasteiger partial charge in [-0.05, 0) is 49.2 Å². The molecule has 2 atom stereocenters. The molecule has 35 heavy (non-hydrogen) atoms. The van der Waals surface area contributed by atoms with Crippen LogP contribution in [0.1, 0.15) is 36.0 Å². The molecule has 1 aliphatic heterocycles.